The van der Waals surface area contributed by atoms with Crippen molar-refractivity contribution in [3.8, 4) is 5.75 Å². The number of benzene rings is 2. The number of piperidine rings is 1. The minimum absolute atomic E-state index is 0.356. The third-order valence-corrected chi connectivity index (χ3v) is 7.16. The molecule has 4 nitrogen and oxygen atoms in total. The molecule has 2 heterocycles. The van der Waals surface area contributed by atoms with Gasteiger partial charge >= 0.3 is 0 Å². The van der Waals surface area contributed by atoms with Crippen molar-refractivity contribution in [2.75, 3.05) is 27.2 Å². The van der Waals surface area contributed by atoms with Crippen LogP contribution < -0.4 is 4.74 Å². The number of likely N-dealkylation sites (N-methyl/N-ethyl adjacent to an activating group) is 1. The van der Waals surface area contributed by atoms with E-state index < -0.39 is 5.60 Å². The highest BCUT2D eigenvalue weighted by Gasteiger charge is 2.57. The van der Waals surface area contributed by atoms with Crippen LogP contribution in [-0.2, 0) is 18.3 Å². The summed E-state index contributed by atoms with van der Waals surface area (Å²) in [4.78, 5) is 7.33. The van der Waals surface area contributed by atoms with E-state index in [1.807, 2.05) is 12.1 Å². The van der Waals surface area contributed by atoms with E-state index in [1.54, 1.807) is 7.11 Å². The maximum atomic E-state index is 12.1. The summed E-state index contributed by atoms with van der Waals surface area (Å²) >= 11 is 0. The van der Waals surface area contributed by atoms with Gasteiger partial charge in [-0.1, -0.05) is 24.3 Å². The lowest BCUT2D eigenvalue weighted by atomic mass is 9.56. The third kappa shape index (κ3) is 2.77. The van der Waals surface area contributed by atoms with Crippen LogP contribution in [0.5, 0.6) is 5.75 Å². The van der Waals surface area contributed by atoms with Crippen LogP contribution in [0.25, 0.3) is 10.9 Å². The largest absolute Gasteiger partial charge is 0.497 e. The summed E-state index contributed by atoms with van der Waals surface area (Å²) in [6.45, 7) is 3.75. The average Bonchev–Trinajstić information content (AvgIpc) is 2.71. The number of nitrogens with zero attached hydrogens (tertiary/aromatic N) is 2. The summed E-state index contributed by atoms with van der Waals surface area (Å²) in [5.74, 6) is 0.839. The molecule has 2 atom stereocenters. The number of fused-ring (bicyclic) bond motifs is 3. The van der Waals surface area contributed by atoms with Crippen molar-refractivity contribution in [1.29, 1.82) is 0 Å². The number of likely N-dealkylation sites (tertiary alicyclic amines) is 1. The Morgan fingerprint density at radius 2 is 1.93 bits per heavy atom. The molecular formula is C25H28N2O2. The van der Waals surface area contributed by atoms with Gasteiger partial charge in [-0.3, -0.25) is 4.98 Å². The first kappa shape index (κ1) is 18.6. The van der Waals surface area contributed by atoms with E-state index in [0.29, 0.717) is 13.0 Å². The second-order valence-electron chi connectivity index (χ2n) is 8.92. The van der Waals surface area contributed by atoms with Crippen LogP contribution in [0.15, 0.2) is 48.5 Å². The van der Waals surface area contributed by atoms with Crippen LogP contribution in [0.2, 0.25) is 0 Å². The zero-order chi connectivity index (χ0) is 20.2. The van der Waals surface area contributed by atoms with Gasteiger partial charge in [-0.2, -0.15) is 0 Å². The van der Waals surface area contributed by atoms with Crippen molar-refractivity contribution in [2.24, 2.45) is 0 Å². The Balaban J connectivity index is 1.71. The first-order valence-electron chi connectivity index (χ1n) is 10.4. The van der Waals surface area contributed by atoms with Crippen LogP contribution in [0.1, 0.15) is 28.8 Å². The Kier molecular flexibility index (Phi) is 4.19. The van der Waals surface area contributed by atoms with Crippen molar-refractivity contribution in [3.63, 3.8) is 0 Å². The van der Waals surface area contributed by atoms with Crippen molar-refractivity contribution < 1.29 is 9.84 Å². The number of ether oxygens (including phenoxy) is 1. The van der Waals surface area contributed by atoms with E-state index in [-0.39, 0.29) is 5.41 Å². The van der Waals surface area contributed by atoms with Crippen LogP contribution >= 0.6 is 0 Å². The molecule has 2 aromatic carbocycles. The zero-order valence-electron chi connectivity index (χ0n) is 17.4. The fraction of sp³-hybridized carbons (Fsp3) is 0.400. The molecule has 0 unspecified atom stereocenters. The number of aromatic nitrogens is 1. The van der Waals surface area contributed by atoms with E-state index in [1.165, 1.54) is 16.5 Å². The van der Waals surface area contributed by atoms with Crippen molar-refractivity contribution in [2.45, 2.75) is 37.2 Å². The molecule has 0 bridgehead atoms. The molecule has 1 fully saturated rings. The number of β-amino-alcohol motifs (C(OH)–C–C–N with tert-alkyl or cyclic N) is 1. The topological polar surface area (TPSA) is 45.6 Å². The van der Waals surface area contributed by atoms with Gasteiger partial charge in [0.2, 0.25) is 0 Å². The van der Waals surface area contributed by atoms with Crippen molar-refractivity contribution in [3.05, 3.63) is 70.9 Å². The SMILES string of the molecule is COc1cccc([C@@]23CCN(C)C[C@@]2(O)Cc2cc4c(C)cccc4nc2C3)c1. The fourth-order valence-corrected chi connectivity index (χ4v) is 5.54. The van der Waals surface area contributed by atoms with Gasteiger partial charge in [0, 0.05) is 35.9 Å². The molecular weight excluding hydrogens is 360 g/mol. The molecule has 4 heteroatoms. The van der Waals surface area contributed by atoms with Crippen LogP contribution in [0.3, 0.4) is 0 Å². The minimum Gasteiger partial charge on any atom is -0.497 e. The van der Waals surface area contributed by atoms with Gasteiger partial charge in [0.25, 0.3) is 0 Å². The molecule has 0 saturated carbocycles. The highest BCUT2D eigenvalue weighted by Crippen LogP contribution is 2.50. The summed E-state index contributed by atoms with van der Waals surface area (Å²) < 4.78 is 5.51. The van der Waals surface area contributed by atoms with Crippen molar-refractivity contribution >= 4 is 10.9 Å². The third-order valence-electron chi connectivity index (χ3n) is 7.16. The van der Waals surface area contributed by atoms with E-state index in [4.69, 9.17) is 9.72 Å². The molecule has 1 aliphatic heterocycles. The number of rotatable bonds is 2. The molecule has 1 aliphatic carbocycles. The molecule has 1 saturated heterocycles. The summed E-state index contributed by atoms with van der Waals surface area (Å²) in [5.41, 5.74) is 4.55. The number of aliphatic hydroxyl groups is 1. The molecule has 5 rings (SSSR count). The Bertz CT molecular complexity index is 1100. The van der Waals surface area contributed by atoms with E-state index in [2.05, 4.69) is 55.3 Å². The Morgan fingerprint density at radius 1 is 1.10 bits per heavy atom. The highest BCUT2D eigenvalue weighted by atomic mass is 16.5. The Morgan fingerprint density at radius 3 is 2.76 bits per heavy atom. The maximum Gasteiger partial charge on any atom is 0.119 e. The molecule has 150 valence electrons. The average molecular weight is 389 g/mol. The number of aryl methyl sites for hydroxylation is 1. The molecule has 1 aromatic heterocycles. The minimum atomic E-state index is -0.836. The smallest absolute Gasteiger partial charge is 0.119 e. The maximum absolute atomic E-state index is 12.1. The second-order valence-corrected chi connectivity index (χ2v) is 8.92. The molecule has 0 radical (unpaired) electrons. The Hall–Kier alpha value is -2.43. The van der Waals surface area contributed by atoms with Crippen LogP contribution in [0, 0.1) is 6.92 Å². The normalized spacial score (nSPS) is 26.8. The summed E-state index contributed by atoms with van der Waals surface area (Å²) in [6, 6.07) is 16.8. The molecule has 29 heavy (non-hydrogen) atoms. The lowest BCUT2D eigenvalue weighted by molar-refractivity contribution is -0.0976. The molecule has 0 amide bonds. The molecule has 1 N–H and O–H groups in total. The fourth-order valence-electron chi connectivity index (χ4n) is 5.54. The van der Waals surface area contributed by atoms with Gasteiger partial charge in [-0.05, 0) is 67.9 Å². The zero-order valence-corrected chi connectivity index (χ0v) is 17.4. The van der Waals surface area contributed by atoms with E-state index in [0.717, 1.165) is 41.9 Å². The first-order chi connectivity index (χ1) is 13.9. The highest BCUT2D eigenvalue weighted by molar-refractivity contribution is 5.83. The number of pyridine rings is 1. The predicted octanol–water partition coefficient (Wildman–Crippen LogP) is 3.66. The lowest BCUT2D eigenvalue weighted by Crippen LogP contribution is -2.66. The second kappa shape index (κ2) is 6.54. The van der Waals surface area contributed by atoms with Gasteiger partial charge < -0.3 is 14.7 Å². The van der Waals surface area contributed by atoms with Gasteiger partial charge in [0.15, 0.2) is 0 Å². The van der Waals surface area contributed by atoms with E-state index in [9.17, 15) is 5.11 Å². The van der Waals surface area contributed by atoms with E-state index >= 15 is 0 Å². The Labute approximate surface area is 172 Å². The van der Waals surface area contributed by atoms with Gasteiger partial charge in [0.05, 0.1) is 18.2 Å². The number of hydrogen-bond acceptors (Lipinski definition) is 4. The van der Waals surface area contributed by atoms with Crippen LogP contribution in [-0.4, -0.2) is 47.8 Å². The predicted molar refractivity (Wildman–Crippen MR) is 116 cm³/mol. The lowest BCUT2D eigenvalue weighted by Gasteiger charge is -2.56. The molecule has 0 spiro atoms. The number of hydrogen-bond donors (Lipinski definition) is 1. The monoisotopic (exact) mass is 388 g/mol. The first-order valence-corrected chi connectivity index (χ1v) is 10.4. The summed E-state index contributed by atoms with van der Waals surface area (Å²) in [7, 11) is 3.80. The quantitative estimate of drug-likeness (QED) is 0.728. The van der Waals surface area contributed by atoms with Gasteiger partial charge in [-0.15, -0.1) is 0 Å². The van der Waals surface area contributed by atoms with Gasteiger partial charge in [-0.25, -0.2) is 0 Å². The number of methoxy groups -OCH3 is 1. The molecule has 2 aliphatic rings. The van der Waals surface area contributed by atoms with Crippen molar-refractivity contribution in [1.82, 2.24) is 9.88 Å². The summed E-state index contributed by atoms with van der Waals surface area (Å²) in [6.07, 6.45) is 2.28. The standard InChI is InChI=1S/C25H28N2O2/c1-17-6-4-9-22-21(17)12-18-14-25(28)16-27(2)11-10-24(25,15-23(18)26-22)19-7-5-8-20(13-19)29-3/h4-9,12-13,28H,10-11,14-16H2,1-3H3/t24-,25-/m0/s1. The van der Waals surface area contributed by atoms with Crippen LogP contribution in [0.4, 0.5) is 0 Å². The van der Waals surface area contributed by atoms with Gasteiger partial charge in [0.1, 0.15) is 5.75 Å². The summed E-state index contributed by atoms with van der Waals surface area (Å²) in [5, 5.41) is 13.3. The molecule has 3 aromatic rings.